The molecule has 0 radical (unpaired) electrons. The van der Waals surface area contributed by atoms with E-state index in [1.54, 1.807) is 24.4 Å². The molecule has 7 nitrogen and oxygen atoms in total. The summed E-state index contributed by atoms with van der Waals surface area (Å²) in [7, 11) is 0. The first-order valence-electron chi connectivity index (χ1n) is 12.1. The first kappa shape index (κ1) is 22.2. The fourth-order valence-electron chi connectivity index (χ4n) is 5.60. The Kier molecular flexibility index (Phi) is 5.76. The van der Waals surface area contributed by atoms with Gasteiger partial charge in [-0.05, 0) is 74.4 Å². The number of thioether (sulfide) groups is 1. The third kappa shape index (κ3) is 4.43. The number of hydrogen-bond acceptors (Lipinski definition) is 6. The SMILES string of the molecule is O=C1CSc2ccc(C(=O)NC3CCC(C4COc5cnc6ccc(O)cc6c5C4)CC3)cc2N1. The lowest BCUT2D eigenvalue weighted by atomic mass is 9.75. The zero-order valence-corrected chi connectivity index (χ0v) is 20.1. The lowest BCUT2D eigenvalue weighted by Gasteiger charge is -2.36. The number of anilines is 1. The molecule has 2 aliphatic heterocycles. The van der Waals surface area contributed by atoms with Crippen LogP contribution >= 0.6 is 11.8 Å². The largest absolute Gasteiger partial charge is 0.508 e. The number of pyridine rings is 1. The smallest absolute Gasteiger partial charge is 0.251 e. The Morgan fingerprint density at radius 1 is 1.11 bits per heavy atom. The van der Waals surface area contributed by atoms with Crippen LogP contribution in [0.3, 0.4) is 0 Å². The van der Waals surface area contributed by atoms with Crippen LogP contribution in [0, 0.1) is 11.8 Å². The highest BCUT2D eigenvalue weighted by atomic mass is 32.2. The molecule has 3 heterocycles. The molecule has 3 aliphatic rings. The summed E-state index contributed by atoms with van der Waals surface area (Å²) in [4.78, 5) is 30.0. The van der Waals surface area contributed by atoms with Crippen molar-refractivity contribution >= 4 is 40.2 Å². The summed E-state index contributed by atoms with van der Waals surface area (Å²) < 4.78 is 6.09. The van der Waals surface area contributed by atoms with E-state index in [1.165, 1.54) is 11.8 Å². The van der Waals surface area contributed by atoms with Crippen LogP contribution in [-0.2, 0) is 11.2 Å². The van der Waals surface area contributed by atoms with Crippen molar-refractivity contribution < 1.29 is 19.4 Å². The van der Waals surface area contributed by atoms with Gasteiger partial charge in [-0.2, -0.15) is 0 Å². The number of aromatic hydroxyl groups is 1. The minimum absolute atomic E-state index is 0.0336. The van der Waals surface area contributed by atoms with Gasteiger partial charge in [0.25, 0.3) is 5.91 Å². The maximum Gasteiger partial charge on any atom is 0.251 e. The van der Waals surface area contributed by atoms with E-state index in [2.05, 4.69) is 15.6 Å². The Hall–Kier alpha value is -3.26. The second-order valence-corrected chi connectivity index (χ2v) is 10.7. The van der Waals surface area contributed by atoms with E-state index in [0.29, 0.717) is 29.8 Å². The van der Waals surface area contributed by atoms with Crippen molar-refractivity contribution in [1.82, 2.24) is 10.3 Å². The van der Waals surface area contributed by atoms with Crippen LogP contribution in [0.5, 0.6) is 11.5 Å². The summed E-state index contributed by atoms with van der Waals surface area (Å²) in [6.07, 6.45) is 6.67. The fraction of sp³-hybridized carbons (Fsp3) is 0.370. The molecular weight excluding hydrogens is 462 g/mol. The molecule has 1 saturated carbocycles. The molecule has 180 valence electrons. The second-order valence-electron chi connectivity index (χ2n) is 9.71. The van der Waals surface area contributed by atoms with E-state index in [4.69, 9.17) is 4.74 Å². The highest BCUT2D eigenvalue weighted by Gasteiger charge is 2.32. The quantitative estimate of drug-likeness (QED) is 0.500. The Morgan fingerprint density at radius 2 is 1.97 bits per heavy atom. The summed E-state index contributed by atoms with van der Waals surface area (Å²) in [6, 6.07) is 11.0. The van der Waals surface area contributed by atoms with Crippen molar-refractivity contribution in [3.05, 3.63) is 53.7 Å². The Balaban J connectivity index is 1.08. The topological polar surface area (TPSA) is 101 Å². The molecule has 0 spiro atoms. The molecule has 2 aromatic carbocycles. The average Bonchev–Trinajstić information content (AvgIpc) is 2.88. The first-order chi connectivity index (χ1) is 17.0. The van der Waals surface area contributed by atoms with Crippen LogP contribution in [0.25, 0.3) is 10.9 Å². The van der Waals surface area contributed by atoms with Gasteiger partial charge in [-0.1, -0.05) is 0 Å². The lowest BCUT2D eigenvalue weighted by molar-refractivity contribution is -0.113. The van der Waals surface area contributed by atoms with Gasteiger partial charge in [0, 0.05) is 33.4 Å². The summed E-state index contributed by atoms with van der Waals surface area (Å²) in [5, 5.41) is 17.0. The third-order valence-corrected chi connectivity index (χ3v) is 8.56. The Bertz CT molecular complexity index is 1320. The zero-order valence-electron chi connectivity index (χ0n) is 19.3. The number of rotatable bonds is 3. The van der Waals surface area contributed by atoms with Gasteiger partial charge in [0.2, 0.25) is 5.91 Å². The molecule has 3 N–H and O–H groups in total. The van der Waals surface area contributed by atoms with Crippen molar-refractivity contribution in [2.45, 2.75) is 43.0 Å². The maximum atomic E-state index is 12.9. The number of phenolic OH excluding ortho intramolecular Hbond substituents is 1. The van der Waals surface area contributed by atoms with Crippen molar-refractivity contribution in [3.63, 3.8) is 0 Å². The molecule has 2 amide bonds. The summed E-state index contributed by atoms with van der Waals surface area (Å²) in [6.45, 7) is 0.680. The average molecular weight is 490 g/mol. The molecule has 1 aromatic heterocycles. The van der Waals surface area contributed by atoms with Crippen LogP contribution in [0.2, 0.25) is 0 Å². The summed E-state index contributed by atoms with van der Waals surface area (Å²) >= 11 is 1.49. The number of nitrogens with one attached hydrogen (secondary N) is 2. The van der Waals surface area contributed by atoms with E-state index in [1.807, 2.05) is 18.2 Å². The second kappa shape index (κ2) is 9.07. The number of phenols is 1. The van der Waals surface area contributed by atoms with Crippen molar-refractivity contribution in [1.29, 1.82) is 0 Å². The molecule has 0 saturated heterocycles. The number of benzene rings is 2. The van der Waals surface area contributed by atoms with Gasteiger partial charge in [0.15, 0.2) is 0 Å². The minimum Gasteiger partial charge on any atom is -0.508 e. The van der Waals surface area contributed by atoms with E-state index in [-0.39, 0.29) is 23.6 Å². The number of aromatic nitrogens is 1. The molecule has 35 heavy (non-hydrogen) atoms. The third-order valence-electron chi connectivity index (χ3n) is 7.49. The first-order valence-corrected chi connectivity index (χ1v) is 13.1. The number of hydrogen-bond donors (Lipinski definition) is 3. The van der Waals surface area contributed by atoms with E-state index in [0.717, 1.165) is 64.9 Å². The summed E-state index contributed by atoms with van der Waals surface area (Å²) in [5.41, 5.74) is 3.30. The maximum absolute atomic E-state index is 12.9. The van der Waals surface area contributed by atoms with Gasteiger partial charge in [0.1, 0.15) is 11.5 Å². The zero-order chi connectivity index (χ0) is 23.9. The number of carbonyl (C=O) groups excluding carboxylic acids is 2. The molecule has 6 rings (SSSR count). The lowest BCUT2D eigenvalue weighted by Crippen LogP contribution is -2.40. The van der Waals surface area contributed by atoms with Crippen LogP contribution in [-0.4, -0.2) is 40.3 Å². The van der Waals surface area contributed by atoms with Gasteiger partial charge >= 0.3 is 0 Å². The number of nitrogens with zero attached hydrogens (tertiary/aromatic N) is 1. The van der Waals surface area contributed by atoms with E-state index < -0.39 is 0 Å². The van der Waals surface area contributed by atoms with Gasteiger partial charge < -0.3 is 20.5 Å². The van der Waals surface area contributed by atoms with Crippen molar-refractivity contribution in [2.75, 3.05) is 17.7 Å². The normalized spacial score (nSPS) is 23.5. The minimum atomic E-state index is -0.0882. The Morgan fingerprint density at radius 3 is 2.83 bits per heavy atom. The van der Waals surface area contributed by atoms with Crippen LogP contribution in [0.15, 0.2) is 47.5 Å². The molecule has 8 heteroatoms. The van der Waals surface area contributed by atoms with E-state index in [9.17, 15) is 14.7 Å². The highest BCUT2D eigenvalue weighted by Crippen LogP contribution is 2.40. The predicted molar refractivity (Wildman–Crippen MR) is 135 cm³/mol. The number of ether oxygens (including phenoxy) is 1. The van der Waals surface area contributed by atoms with Crippen molar-refractivity contribution in [2.24, 2.45) is 11.8 Å². The molecule has 0 bridgehead atoms. The predicted octanol–water partition coefficient (Wildman–Crippen LogP) is 4.52. The fourth-order valence-corrected chi connectivity index (χ4v) is 6.39. The number of fused-ring (bicyclic) bond motifs is 4. The van der Waals surface area contributed by atoms with Crippen LogP contribution < -0.4 is 15.4 Å². The molecule has 1 fully saturated rings. The molecule has 1 unspecified atom stereocenters. The monoisotopic (exact) mass is 489 g/mol. The highest BCUT2D eigenvalue weighted by molar-refractivity contribution is 8.00. The van der Waals surface area contributed by atoms with Crippen LogP contribution in [0.4, 0.5) is 5.69 Å². The molecular formula is C27H27N3O4S. The standard InChI is InChI=1S/C27H27N3O4S/c31-19-6-7-22-20(11-19)21-9-17(13-34-24(21)12-28-22)15-1-4-18(5-2-15)29-27(33)16-3-8-25-23(10-16)30-26(32)14-35-25/h3,6-8,10-12,15,17-18,31H,1-2,4-5,9,13-14H2,(H,29,33)(H,30,32). The van der Waals surface area contributed by atoms with Gasteiger partial charge in [-0.3, -0.25) is 14.6 Å². The molecule has 1 aliphatic carbocycles. The van der Waals surface area contributed by atoms with E-state index >= 15 is 0 Å². The molecule has 3 aromatic rings. The van der Waals surface area contributed by atoms with Crippen LogP contribution in [0.1, 0.15) is 41.6 Å². The van der Waals surface area contributed by atoms with Gasteiger partial charge in [-0.25, -0.2) is 0 Å². The Labute approximate surface area is 207 Å². The summed E-state index contributed by atoms with van der Waals surface area (Å²) in [5.74, 6) is 2.30. The van der Waals surface area contributed by atoms with Gasteiger partial charge in [0.05, 0.1) is 29.8 Å². The molecule has 1 atom stereocenters. The van der Waals surface area contributed by atoms with Gasteiger partial charge in [-0.15, -0.1) is 11.8 Å². The number of amides is 2. The number of carbonyl (C=O) groups is 2. The van der Waals surface area contributed by atoms with Crippen molar-refractivity contribution in [3.8, 4) is 11.5 Å².